The molecule has 1 N–H and O–H groups in total. The maximum Gasteiger partial charge on any atom is 0.303 e. The number of carbonyl (C=O) groups is 1. The van der Waals surface area contributed by atoms with Crippen LogP contribution in [0.25, 0.3) is 0 Å². The Bertz CT molecular complexity index is 619. The number of hydrogen-bond acceptors (Lipinski definition) is 3. The van der Waals surface area contributed by atoms with Crippen molar-refractivity contribution in [3.05, 3.63) is 29.0 Å². The first-order valence-electron chi connectivity index (χ1n) is 6.35. The van der Waals surface area contributed by atoms with E-state index in [4.69, 9.17) is 16.7 Å². The van der Waals surface area contributed by atoms with Crippen LogP contribution in [0.15, 0.2) is 23.1 Å². The van der Waals surface area contributed by atoms with E-state index < -0.39 is 32.7 Å². The molecule has 0 aromatic heterocycles. The number of sulfonamides is 1. The molecule has 0 fully saturated rings. The van der Waals surface area contributed by atoms with Crippen molar-refractivity contribution in [1.82, 2.24) is 4.31 Å². The maximum absolute atomic E-state index is 13.8. The molecular formula is C13H17ClFNO4S. The number of carboxylic acid groups (broad SMARTS) is 1. The lowest BCUT2D eigenvalue weighted by molar-refractivity contribution is -0.137. The molecule has 1 aromatic rings. The highest BCUT2D eigenvalue weighted by atomic mass is 35.5. The van der Waals surface area contributed by atoms with E-state index in [0.717, 1.165) is 16.4 Å². The van der Waals surface area contributed by atoms with Crippen molar-refractivity contribution in [2.24, 2.45) is 0 Å². The first-order chi connectivity index (χ1) is 9.66. The van der Waals surface area contributed by atoms with E-state index in [0.29, 0.717) is 0 Å². The van der Waals surface area contributed by atoms with Gasteiger partial charge >= 0.3 is 5.97 Å². The molecular weight excluding hydrogens is 321 g/mol. The Balaban J connectivity index is 3.07. The summed E-state index contributed by atoms with van der Waals surface area (Å²) in [4.78, 5) is 10.1. The average Bonchev–Trinajstić information content (AvgIpc) is 2.32. The lowest BCUT2D eigenvalue weighted by Gasteiger charge is -2.26. The summed E-state index contributed by atoms with van der Waals surface area (Å²) < 4.78 is 39.9. The smallest absolute Gasteiger partial charge is 0.303 e. The fraction of sp³-hybridized carbons (Fsp3) is 0.462. The number of carboxylic acids is 1. The highest BCUT2D eigenvalue weighted by Gasteiger charge is 2.29. The van der Waals surface area contributed by atoms with E-state index in [-0.39, 0.29) is 24.4 Å². The molecule has 118 valence electrons. The summed E-state index contributed by atoms with van der Waals surface area (Å²) in [5.74, 6) is -1.93. The molecule has 5 nitrogen and oxygen atoms in total. The minimum absolute atomic E-state index is 0.00830. The van der Waals surface area contributed by atoms with Crippen molar-refractivity contribution in [2.45, 2.75) is 37.6 Å². The zero-order valence-electron chi connectivity index (χ0n) is 11.7. The Morgan fingerprint density at radius 3 is 2.52 bits per heavy atom. The summed E-state index contributed by atoms with van der Waals surface area (Å²) in [6, 6.07) is 2.93. The van der Waals surface area contributed by atoms with Crippen molar-refractivity contribution < 1.29 is 22.7 Å². The normalized spacial score (nSPS) is 12.1. The topological polar surface area (TPSA) is 74.7 Å². The highest BCUT2D eigenvalue weighted by Crippen LogP contribution is 2.24. The second kappa shape index (κ2) is 7.20. The second-order valence-corrected chi connectivity index (χ2v) is 7.08. The van der Waals surface area contributed by atoms with Gasteiger partial charge in [0, 0.05) is 24.0 Å². The third-order valence-corrected chi connectivity index (χ3v) is 5.17. The Morgan fingerprint density at radius 2 is 2.05 bits per heavy atom. The molecule has 0 heterocycles. The van der Waals surface area contributed by atoms with Crippen LogP contribution in [0, 0.1) is 5.82 Å². The Kier molecular flexibility index (Phi) is 6.12. The minimum atomic E-state index is -4.04. The van der Waals surface area contributed by atoms with Gasteiger partial charge in [0.1, 0.15) is 10.7 Å². The van der Waals surface area contributed by atoms with Crippen LogP contribution < -0.4 is 0 Å². The molecule has 0 aliphatic heterocycles. The summed E-state index contributed by atoms with van der Waals surface area (Å²) >= 11 is 5.61. The predicted molar refractivity (Wildman–Crippen MR) is 77.3 cm³/mol. The van der Waals surface area contributed by atoms with Gasteiger partial charge in [-0.05, 0) is 38.5 Å². The fourth-order valence-corrected chi connectivity index (χ4v) is 3.73. The molecule has 21 heavy (non-hydrogen) atoms. The largest absolute Gasteiger partial charge is 0.481 e. The van der Waals surface area contributed by atoms with Crippen molar-refractivity contribution in [1.29, 1.82) is 0 Å². The van der Waals surface area contributed by atoms with E-state index in [2.05, 4.69) is 0 Å². The van der Waals surface area contributed by atoms with Crippen molar-refractivity contribution >= 4 is 27.6 Å². The molecule has 0 amide bonds. The molecule has 0 unspecified atom stereocenters. The van der Waals surface area contributed by atoms with Gasteiger partial charge in [-0.3, -0.25) is 4.79 Å². The molecule has 0 atom stereocenters. The van der Waals surface area contributed by atoms with Gasteiger partial charge in [0.15, 0.2) is 0 Å². The van der Waals surface area contributed by atoms with Gasteiger partial charge in [0.2, 0.25) is 10.0 Å². The third-order valence-electron chi connectivity index (χ3n) is 2.83. The first kappa shape index (κ1) is 17.9. The van der Waals surface area contributed by atoms with Gasteiger partial charge in [0.05, 0.1) is 0 Å². The zero-order valence-corrected chi connectivity index (χ0v) is 13.3. The SMILES string of the molecule is CC(C)N(CCCC(=O)O)S(=O)(=O)c1ccc(Cl)cc1F. The summed E-state index contributed by atoms with van der Waals surface area (Å²) in [5, 5.41) is 8.72. The van der Waals surface area contributed by atoms with Crippen LogP contribution in [0.4, 0.5) is 4.39 Å². The summed E-state index contributed by atoms with van der Waals surface area (Å²) in [6.07, 6.45) is 0.00376. The molecule has 0 spiro atoms. The fourth-order valence-electron chi connectivity index (χ4n) is 1.85. The number of rotatable bonds is 7. The van der Waals surface area contributed by atoms with E-state index in [1.807, 2.05) is 0 Å². The van der Waals surface area contributed by atoms with Crippen LogP contribution in [0.5, 0.6) is 0 Å². The van der Waals surface area contributed by atoms with Gasteiger partial charge in [-0.25, -0.2) is 12.8 Å². The summed E-state index contributed by atoms with van der Waals surface area (Å²) in [5.41, 5.74) is 0. The lowest BCUT2D eigenvalue weighted by atomic mass is 10.3. The van der Waals surface area contributed by atoms with Crippen molar-refractivity contribution in [3.63, 3.8) is 0 Å². The molecule has 0 radical (unpaired) electrons. The number of hydrogen-bond donors (Lipinski definition) is 1. The Hall–Kier alpha value is -1.18. The van der Waals surface area contributed by atoms with Crippen molar-refractivity contribution in [3.8, 4) is 0 Å². The minimum Gasteiger partial charge on any atom is -0.481 e. The lowest BCUT2D eigenvalue weighted by Crippen LogP contribution is -2.38. The Labute approximate surface area is 128 Å². The number of halogens is 2. The summed E-state index contributed by atoms with van der Waals surface area (Å²) in [7, 11) is -4.04. The van der Waals surface area contributed by atoms with E-state index >= 15 is 0 Å². The number of nitrogens with zero attached hydrogens (tertiary/aromatic N) is 1. The highest BCUT2D eigenvalue weighted by molar-refractivity contribution is 7.89. The third kappa shape index (κ3) is 4.66. The van der Waals surface area contributed by atoms with Gasteiger partial charge < -0.3 is 5.11 Å². The second-order valence-electron chi connectivity index (χ2n) is 4.78. The molecule has 0 saturated heterocycles. The van der Waals surface area contributed by atoms with Gasteiger partial charge in [-0.15, -0.1) is 0 Å². The maximum atomic E-state index is 13.8. The van der Waals surface area contributed by atoms with E-state index in [1.165, 1.54) is 6.07 Å². The number of aliphatic carboxylic acids is 1. The van der Waals surface area contributed by atoms with E-state index in [9.17, 15) is 17.6 Å². The molecule has 1 aromatic carbocycles. The predicted octanol–water partition coefficient (Wildman–Crippen LogP) is 2.74. The van der Waals surface area contributed by atoms with Gasteiger partial charge in [-0.1, -0.05) is 11.6 Å². The van der Waals surface area contributed by atoms with Crippen LogP contribution in [-0.4, -0.2) is 36.4 Å². The molecule has 0 saturated carbocycles. The molecule has 1 rings (SSSR count). The standard InChI is InChI=1S/C13H17ClFNO4S/c1-9(2)16(7-3-4-13(17)18)21(19,20)12-6-5-10(14)8-11(12)15/h5-6,8-9H,3-4,7H2,1-2H3,(H,17,18). The quantitative estimate of drug-likeness (QED) is 0.830. The van der Waals surface area contributed by atoms with Crippen LogP contribution in [0.3, 0.4) is 0 Å². The van der Waals surface area contributed by atoms with Crippen LogP contribution in [0.1, 0.15) is 26.7 Å². The van der Waals surface area contributed by atoms with E-state index in [1.54, 1.807) is 13.8 Å². The Morgan fingerprint density at radius 1 is 1.43 bits per heavy atom. The zero-order chi connectivity index (χ0) is 16.2. The van der Waals surface area contributed by atoms with Gasteiger partial charge in [0.25, 0.3) is 0 Å². The van der Waals surface area contributed by atoms with Gasteiger partial charge in [-0.2, -0.15) is 4.31 Å². The monoisotopic (exact) mass is 337 g/mol. The van der Waals surface area contributed by atoms with Crippen molar-refractivity contribution in [2.75, 3.05) is 6.54 Å². The van der Waals surface area contributed by atoms with Crippen LogP contribution >= 0.6 is 11.6 Å². The summed E-state index contributed by atoms with van der Waals surface area (Å²) in [6.45, 7) is 3.30. The number of benzene rings is 1. The average molecular weight is 338 g/mol. The molecule has 0 aliphatic rings. The molecule has 0 bridgehead atoms. The molecule has 8 heteroatoms. The van der Waals surface area contributed by atoms with Crippen LogP contribution in [0.2, 0.25) is 5.02 Å². The van der Waals surface area contributed by atoms with Crippen LogP contribution in [-0.2, 0) is 14.8 Å². The molecule has 0 aliphatic carbocycles. The first-order valence-corrected chi connectivity index (χ1v) is 8.16.